The van der Waals surface area contributed by atoms with Crippen molar-refractivity contribution >= 4 is 43.9 Å². The van der Waals surface area contributed by atoms with Crippen LogP contribution < -0.4 is 0 Å². The van der Waals surface area contributed by atoms with E-state index in [1.807, 2.05) is 24.4 Å². The Morgan fingerprint density at radius 2 is 0.921 bits per heavy atom. The topological polar surface area (TPSA) is 52.1 Å². The summed E-state index contributed by atoms with van der Waals surface area (Å²) in [7, 11) is 0. The SMILES string of the molecule is c1ccc(-c2cc(-c3ccccc3)cc(-c3nccc(-c4cc5c(c6oc7ccccc7c46)-c4c(ccc6c4oc4ccccc46)C54c5ccccc5-c5ccccc54)n3)c2)cc1. The Morgan fingerprint density at radius 3 is 1.62 bits per heavy atom. The lowest BCUT2D eigenvalue weighted by Crippen LogP contribution is -2.25. The van der Waals surface area contributed by atoms with Gasteiger partial charge in [0.05, 0.1) is 11.1 Å². The average molecular weight is 803 g/mol. The van der Waals surface area contributed by atoms with Gasteiger partial charge in [-0.2, -0.15) is 0 Å². The number of para-hydroxylation sites is 2. The van der Waals surface area contributed by atoms with Crippen molar-refractivity contribution in [3.8, 4) is 67.2 Å². The van der Waals surface area contributed by atoms with Gasteiger partial charge in [0.2, 0.25) is 0 Å². The number of benzene rings is 9. The molecule has 0 amide bonds. The number of hydrogen-bond acceptors (Lipinski definition) is 4. The lowest BCUT2D eigenvalue weighted by molar-refractivity contribution is 0.665. The van der Waals surface area contributed by atoms with Crippen LogP contribution in [0, 0.1) is 0 Å². The quantitative estimate of drug-likeness (QED) is 0.178. The van der Waals surface area contributed by atoms with Gasteiger partial charge in [-0.1, -0.05) is 158 Å². The molecule has 0 aliphatic heterocycles. The van der Waals surface area contributed by atoms with Crippen molar-refractivity contribution in [1.29, 1.82) is 0 Å². The molecule has 63 heavy (non-hydrogen) atoms. The molecule has 0 atom stereocenters. The van der Waals surface area contributed by atoms with Gasteiger partial charge in [0, 0.05) is 50.0 Å². The van der Waals surface area contributed by atoms with Gasteiger partial charge in [0.25, 0.3) is 0 Å². The third kappa shape index (κ3) is 4.69. The highest BCUT2D eigenvalue weighted by Crippen LogP contribution is 2.66. The number of fused-ring (bicyclic) bond motifs is 18. The number of hydrogen-bond donors (Lipinski definition) is 0. The predicted octanol–water partition coefficient (Wildman–Crippen LogP) is 15.3. The fourth-order valence-corrected chi connectivity index (χ4v) is 11.0. The Kier molecular flexibility index (Phi) is 7.01. The molecule has 0 fully saturated rings. The molecule has 0 radical (unpaired) electrons. The van der Waals surface area contributed by atoms with Crippen LogP contribution in [0.3, 0.4) is 0 Å². The molecule has 0 unspecified atom stereocenters. The smallest absolute Gasteiger partial charge is 0.159 e. The molecule has 292 valence electrons. The molecule has 12 aromatic rings. The molecule has 0 saturated carbocycles. The molecule has 0 saturated heterocycles. The highest BCUT2D eigenvalue weighted by atomic mass is 16.3. The summed E-state index contributed by atoms with van der Waals surface area (Å²) in [5.74, 6) is 0.655. The standard InChI is InChI=1S/C59H34N2O2/c1-3-15-35(16-4-1)37-31-38(36-17-5-2-6-18-36)33-39(32-37)58-60-30-29-50(61-58)45-34-49-55(57-53(45)44-22-10-14-26-52(44)63-57)54-48(28-27-43-42-21-9-13-25-51(42)62-56(43)54)59(49)46-23-11-7-19-40(46)41-20-8-12-24-47(41)59/h1-34H. The highest BCUT2D eigenvalue weighted by molar-refractivity contribution is 6.22. The van der Waals surface area contributed by atoms with E-state index in [9.17, 15) is 0 Å². The van der Waals surface area contributed by atoms with Gasteiger partial charge < -0.3 is 8.83 Å². The Balaban J connectivity index is 1.09. The summed E-state index contributed by atoms with van der Waals surface area (Å²) in [4.78, 5) is 10.5. The Hall–Kier alpha value is -8.34. The molecule has 2 aliphatic rings. The third-order valence-electron chi connectivity index (χ3n) is 13.5. The Labute approximate surface area is 362 Å². The minimum atomic E-state index is -0.655. The molecule has 0 bridgehead atoms. The predicted molar refractivity (Wildman–Crippen MR) is 255 cm³/mol. The normalized spacial score (nSPS) is 13.2. The summed E-state index contributed by atoms with van der Waals surface area (Å²) >= 11 is 0. The molecule has 0 N–H and O–H groups in total. The maximum atomic E-state index is 7.18. The maximum absolute atomic E-state index is 7.18. The largest absolute Gasteiger partial charge is 0.455 e. The molecule has 4 nitrogen and oxygen atoms in total. The van der Waals surface area contributed by atoms with E-state index in [-0.39, 0.29) is 0 Å². The summed E-state index contributed by atoms with van der Waals surface area (Å²) in [5, 5.41) is 4.25. The molecular weight excluding hydrogens is 769 g/mol. The Bertz CT molecular complexity index is 3760. The van der Waals surface area contributed by atoms with Crippen molar-refractivity contribution in [2.24, 2.45) is 0 Å². The second-order valence-electron chi connectivity index (χ2n) is 16.7. The van der Waals surface area contributed by atoms with E-state index in [4.69, 9.17) is 18.8 Å². The van der Waals surface area contributed by atoms with Crippen LogP contribution in [0.25, 0.3) is 111 Å². The molecular formula is C59H34N2O2. The van der Waals surface area contributed by atoms with Crippen LogP contribution in [0.4, 0.5) is 0 Å². The van der Waals surface area contributed by atoms with Gasteiger partial charge in [0.15, 0.2) is 5.82 Å². The monoisotopic (exact) mass is 802 g/mol. The summed E-state index contributed by atoms with van der Waals surface area (Å²) < 4.78 is 14.1. The molecule has 3 aromatic heterocycles. The molecule has 3 heterocycles. The van der Waals surface area contributed by atoms with Crippen LogP contribution >= 0.6 is 0 Å². The first-order valence-corrected chi connectivity index (χ1v) is 21.5. The maximum Gasteiger partial charge on any atom is 0.159 e. The van der Waals surface area contributed by atoms with Crippen LogP contribution in [0.2, 0.25) is 0 Å². The van der Waals surface area contributed by atoms with E-state index < -0.39 is 5.41 Å². The van der Waals surface area contributed by atoms with Crippen molar-refractivity contribution in [3.63, 3.8) is 0 Å². The van der Waals surface area contributed by atoms with Crippen molar-refractivity contribution < 1.29 is 8.83 Å². The summed E-state index contributed by atoms with van der Waals surface area (Å²) in [6, 6.07) is 71.4. The summed E-state index contributed by atoms with van der Waals surface area (Å²) in [5.41, 5.74) is 19.5. The lowest BCUT2D eigenvalue weighted by atomic mass is 9.70. The average Bonchev–Trinajstić information content (AvgIpc) is 4.10. The first kappa shape index (κ1) is 34.4. The number of rotatable bonds is 4. The number of aromatic nitrogens is 2. The van der Waals surface area contributed by atoms with Gasteiger partial charge in [0.1, 0.15) is 22.3 Å². The Morgan fingerprint density at radius 1 is 0.365 bits per heavy atom. The fraction of sp³-hybridized carbons (Fsp3) is 0.0169. The molecule has 14 rings (SSSR count). The molecule has 2 aliphatic carbocycles. The van der Waals surface area contributed by atoms with E-state index >= 15 is 0 Å². The first-order chi connectivity index (χ1) is 31.2. The molecule has 1 spiro atoms. The van der Waals surface area contributed by atoms with Gasteiger partial charge in [-0.25, -0.2) is 9.97 Å². The second kappa shape index (κ2) is 12.8. The van der Waals surface area contributed by atoms with Crippen LogP contribution in [0.5, 0.6) is 0 Å². The van der Waals surface area contributed by atoms with E-state index in [0.29, 0.717) is 5.82 Å². The first-order valence-electron chi connectivity index (χ1n) is 21.5. The zero-order chi connectivity index (χ0) is 41.2. The third-order valence-corrected chi connectivity index (χ3v) is 13.5. The van der Waals surface area contributed by atoms with Gasteiger partial charge in [-0.15, -0.1) is 0 Å². The minimum absolute atomic E-state index is 0.655. The van der Waals surface area contributed by atoms with Crippen molar-refractivity contribution in [1.82, 2.24) is 9.97 Å². The zero-order valence-electron chi connectivity index (χ0n) is 33.8. The van der Waals surface area contributed by atoms with Crippen molar-refractivity contribution in [2.45, 2.75) is 5.41 Å². The van der Waals surface area contributed by atoms with Crippen LogP contribution in [0.15, 0.2) is 215 Å². The molecule has 4 heteroatoms. The fourth-order valence-electron chi connectivity index (χ4n) is 11.0. The lowest BCUT2D eigenvalue weighted by Gasteiger charge is -2.30. The summed E-state index contributed by atoms with van der Waals surface area (Å²) in [6.07, 6.45) is 1.90. The number of furan rings is 2. The van der Waals surface area contributed by atoms with E-state index in [1.54, 1.807) is 0 Å². The minimum Gasteiger partial charge on any atom is -0.455 e. The van der Waals surface area contributed by atoms with Crippen LogP contribution in [0.1, 0.15) is 22.3 Å². The highest BCUT2D eigenvalue weighted by Gasteiger charge is 2.54. The van der Waals surface area contributed by atoms with E-state index in [2.05, 4.69) is 182 Å². The van der Waals surface area contributed by atoms with Crippen molar-refractivity contribution in [3.05, 3.63) is 229 Å². The molecule has 9 aromatic carbocycles. The van der Waals surface area contributed by atoms with E-state index in [1.165, 1.54) is 27.8 Å². The van der Waals surface area contributed by atoms with Crippen LogP contribution in [-0.2, 0) is 5.41 Å². The second-order valence-corrected chi connectivity index (χ2v) is 16.7. The van der Waals surface area contributed by atoms with Gasteiger partial charge in [-0.05, 0) is 98.1 Å². The van der Waals surface area contributed by atoms with Crippen LogP contribution in [-0.4, -0.2) is 9.97 Å². The van der Waals surface area contributed by atoms with Crippen molar-refractivity contribution in [2.75, 3.05) is 0 Å². The van der Waals surface area contributed by atoms with E-state index in [0.717, 1.165) is 99.6 Å². The van der Waals surface area contributed by atoms with Gasteiger partial charge >= 0.3 is 0 Å². The number of nitrogens with zero attached hydrogens (tertiary/aromatic N) is 2. The zero-order valence-corrected chi connectivity index (χ0v) is 33.8. The van der Waals surface area contributed by atoms with Gasteiger partial charge in [-0.3, -0.25) is 0 Å². The summed E-state index contributed by atoms with van der Waals surface area (Å²) in [6.45, 7) is 0.